The second-order valence-electron chi connectivity index (χ2n) is 4.57. The highest BCUT2D eigenvalue weighted by Gasteiger charge is 1.96. The molecule has 0 saturated heterocycles. The zero-order valence-electron chi connectivity index (χ0n) is 11.7. The molecule has 0 bridgehead atoms. The number of thioether (sulfide) groups is 1. The minimum Gasteiger partial charge on any atom is -0.315 e. The van der Waals surface area contributed by atoms with Crippen molar-refractivity contribution in [1.29, 1.82) is 0 Å². The van der Waals surface area contributed by atoms with Gasteiger partial charge < -0.3 is 10.2 Å². The highest BCUT2D eigenvalue weighted by molar-refractivity contribution is 7.99. The molecule has 1 N–H and O–H groups in total. The molecule has 102 valence electrons. The highest BCUT2D eigenvalue weighted by Crippen LogP contribution is 2.17. The number of likely N-dealkylation sites (N-methyl/N-ethyl adjacent to an activating group) is 1. The lowest BCUT2D eigenvalue weighted by molar-refractivity contribution is 0.332. The number of nitrogens with zero attached hydrogens (tertiary/aromatic N) is 1. The Labute approximate surface area is 116 Å². The Morgan fingerprint density at radius 3 is 2.61 bits per heavy atom. The summed E-state index contributed by atoms with van der Waals surface area (Å²) in [6, 6.07) is 10.6. The van der Waals surface area contributed by atoms with Crippen LogP contribution in [0.4, 0.5) is 0 Å². The first-order valence-corrected chi connectivity index (χ1v) is 7.88. The van der Waals surface area contributed by atoms with Crippen molar-refractivity contribution < 1.29 is 0 Å². The Morgan fingerprint density at radius 2 is 1.89 bits per heavy atom. The molecule has 0 heterocycles. The predicted octanol–water partition coefficient (Wildman–Crippen LogP) is 3.10. The van der Waals surface area contributed by atoms with Crippen molar-refractivity contribution in [1.82, 2.24) is 10.2 Å². The number of rotatable bonds is 10. The number of hydrogen-bond acceptors (Lipinski definition) is 3. The van der Waals surface area contributed by atoms with Crippen molar-refractivity contribution in [2.75, 3.05) is 39.0 Å². The fourth-order valence-corrected chi connectivity index (χ4v) is 2.67. The average molecular weight is 266 g/mol. The SMILES string of the molecule is CCCN(C)CCNCCCSc1ccccc1. The third-order valence-electron chi connectivity index (χ3n) is 2.79. The first-order chi connectivity index (χ1) is 8.83. The van der Waals surface area contributed by atoms with Crippen LogP contribution in [0, 0.1) is 0 Å². The first-order valence-electron chi connectivity index (χ1n) is 6.90. The van der Waals surface area contributed by atoms with Gasteiger partial charge in [-0.05, 0) is 50.9 Å². The third kappa shape index (κ3) is 7.75. The van der Waals surface area contributed by atoms with Crippen LogP contribution in [0.25, 0.3) is 0 Å². The molecular formula is C15H26N2S. The van der Waals surface area contributed by atoms with Gasteiger partial charge in [-0.25, -0.2) is 0 Å². The van der Waals surface area contributed by atoms with Crippen LogP contribution >= 0.6 is 11.8 Å². The van der Waals surface area contributed by atoms with Crippen LogP contribution in [0.1, 0.15) is 19.8 Å². The summed E-state index contributed by atoms with van der Waals surface area (Å²) in [5, 5.41) is 3.51. The summed E-state index contributed by atoms with van der Waals surface area (Å²) >= 11 is 1.94. The van der Waals surface area contributed by atoms with Crippen molar-refractivity contribution in [3.8, 4) is 0 Å². The molecule has 0 aliphatic carbocycles. The maximum atomic E-state index is 3.51. The number of hydrogen-bond donors (Lipinski definition) is 1. The van der Waals surface area contributed by atoms with E-state index in [1.165, 1.54) is 30.0 Å². The van der Waals surface area contributed by atoms with Gasteiger partial charge in [0.1, 0.15) is 0 Å². The summed E-state index contributed by atoms with van der Waals surface area (Å²) in [6.45, 7) is 6.81. The molecule has 0 aromatic heterocycles. The molecule has 1 aromatic rings. The van der Waals surface area contributed by atoms with Crippen LogP contribution in [0.5, 0.6) is 0 Å². The lowest BCUT2D eigenvalue weighted by Crippen LogP contribution is -2.30. The molecule has 1 aromatic carbocycles. The van der Waals surface area contributed by atoms with Gasteiger partial charge in [-0.2, -0.15) is 0 Å². The van der Waals surface area contributed by atoms with E-state index in [0.29, 0.717) is 0 Å². The van der Waals surface area contributed by atoms with Crippen LogP contribution in [0.2, 0.25) is 0 Å². The van der Waals surface area contributed by atoms with Crippen molar-refractivity contribution in [3.05, 3.63) is 30.3 Å². The monoisotopic (exact) mass is 266 g/mol. The Kier molecular flexibility index (Phi) is 9.00. The quantitative estimate of drug-likeness (QED) is 0.517. The van der Waals surface area contributed by atoms with E-state index in [2.05, 4.69) is 54.5 Å². The van der Waals surface area contributed by atoms with Gasteiger partial charge in [-0.15, -0.1) is 11.8 Å². The van der Waals surface area contributed by atoms with Gasteiger partial charge in [0.25, 0.3) is 0 Å². The van der Waals surface area contributed by atoms with Crippen LogP contribution in [0.15, 0.2) is 35.2 Å². The second-order valence-corrected chi connectivity index (χ2v) is 5.74. The smallest absolute Gasteiger partial charge is 0.0104 e. The van der Waals surface area contributed by atoms with Crippen molar-refractivity contribution in [2.24, 2.45) is 0 Å². The fourth-order valence-electron chi connectivity index (χ4n) is 1.79. The van der Waals surface area contributed by atoms with E-state index < -0.39 is 0 Å². The average Bonchev–Trinajstić information content (AvgIpc) is 2.39. The van der Waals surface area contributed by atoms with Gasteiger partial charge in [0.15, 0.2) is 0 Å². The summed E-state index contributed by atoms with van der Waals surface area (Å²) in [5.74, 6) is 1.20. The topological polar surface area (TPSA) is 15.3 Å². The molecule has 0 aliphatic rings. The molecule has 3 heteroatoms. The number of nitrogens with one attached hydrogen (secondary N) is 1. The lowest BCUT2D eigenvalue weighted by atomic mass is 10.4. The molecule has 2 nitrogen and oxygen atoms in total. The standard InChI is InChI=1S/C15H26N2S/c1-3-12-17(2)13-11-16-10-7-14-18-15-8-5-4-6-9-15/h4-6,8-9,16H,3,7,10-14H2,1-2H3. The van der Waals surface area contributed by atoms with E-state index in [1.807, 2.05) is 11.8 Å². The zero-order chi connectivity index (χ0) is 13.1. The van der Waals surface area contributed by atoms with Crippen LogP contribution < -0.4 is 5.32 Å². The van der Waals surface area contributed by atoms with Crippen LogP contribution in [-0.4, -0.2) is 43.9 Å². The van der Waals surface area contributed by atoms with E-state index in [4.69, 9.17) is 0 Å². The number of benzene rings is 1. The van der Waals surface area contributed by atoms with Crippen LogP contribution in [0.3, 0.4) is 0 Å². The first kappa shape index (κ1) is 15.5. The third-order valence-corrected chi connectivity index (χ3v) is 3.88. The summed E-state index contributed by atoms with van der Waals surface area (Å²) < 4.78 is 0. The molecule has 0 amide bonds. The van der Waals surface area contributed by atoms with Gasteiger partial charge in [0, 0.05) is 18.0 Å². The maximum absolute atomic E-state index is 3.51. The van der Waals surface area contributed by atoms with E-state index in [1.54, 1.807) is 0 Å². The summed E-state index contributed by atoms with van der Waals surface area (Å²) in [4.78, 5) is 3.76. The lowest BCUT2D eigenvalue weighted by Gasteiger charge is -2.15. The second kappa shape index (κ2) is 10.4. The fraction of sp³-hybridized carbons (Fsp3) is 0.600. The molecule has 0 atom stereocenters. The predicted molar refractivity (Wildman–Crippen MR) is 82.4 cm³/mol. The van der Waals surface area contributed by atoms with Crippen molar-refractivity contribution >= 4 is 11.8 Å². The normalized spacial score (nSPS) is 11.1. The van der Waals surface area contributed by atoms with Gasteiger partial charge >= 0.3 is 0 Å². The van der Waals surface area contributed by atoms with Gasteiger partial charge in [-0.1, -0.05) is 25.1 Å². The van der Waals surface area contributed by atoms with Crippen molar-refractivity contribution in [2.45, 2.75) is 24.7 Å². The molecule has 0 unspecified atom stereocenters. The van der Waals surface area contributed by atoms with E-state index in [-0.39, 0.29) is 0 Å². The molecule has 1 rings (SSSR count). The summed E-state index contributed by atoms with van der Waals surface area (Å²) in [7, 11) is 2.19. The zero-order valence-corrected chi connectivity index (χ0v) is 12.5. The molecule has 18 heavy (non-hydrogen) atoms. The molecule has 0 fully saturated rings. The minimum atomic E-state index is 1.10. The largest absolute Gasteiger partial charge is 0.315 e. The van der Waals surface area contributed by atoms with Gasteiger partial charge in [0.05, 0.1) is 0 Å². The van der Waals surface area contributed by atoms with E-state index in [0.717, 1.165) is 19.6 Å². The Balaban J connectivity index is 1.90. The Morgan fingerprint density at radius 1 is 1.11 bits per heavy atom. The summed E-state index contributed by atoms with van der Waals surface area (Å²) in [6.07, 6.45) is 2.47. The molecular weight excluding hydrogens is 240 g/mol. The Bertz CT molecular complexity index is 290. The van der Waals surface area contributed by atoms with Crippen molar-refractivity contribution in [3.63, 3.8) is 0 Å². The van der Waals surface area contributed by atoms with Crippen LogP contribution in [-0.2, 0) is 0 Å². The molecule has 0 spiro atoms. The molecule has 0 saturated carbocycles. The molecule has 0 aliphatic heterocycles. The highest BCUT2D eigenvalue weighted by atomic mass is 32.2. The van der Waals surface area contributed by atoms with Gasteiger partial charge in [-0.3, -0.25) is 0 Å². The maximum Gasteiger partial charge on any atom is 0.0104 e. The minimum absolute atomic E-state index is 1.10. The van der Waals surface area contributed by atoms with Gasteiger partial charge in [0.2, 0.25) is 0 Å². The van der Waals surface area contributed by atoms with E-state index in [9.17, 15) is 0 Å². The van der Waals surface area contributed by atoms with E-state index >= 15 is 0 Å². The summed E-state index contributed by atoms with van der Waals surface area (Å²) in [5.41, 5.74) is 0. The molecule has 0 radical (unpaired) electrons. The Hall–Kier alpha value is -0.510.